The third-order valence-corrected chi connectivity index (χ3v) is 3.79. The second-order valence-corrected chi connectivity index (χ2v) is 5.70. The normalized spacial score (nSPS) is 10.9. The van der Waals surface area contributed by atoms with Gasteiger partial charge in [-0.3, -0.25) is 23.5 Å². The molecule has 0 saturated carbocycles. The number of carbonyl (C=O) groups excluding carboxylic acids is 1. The Morgan fingerprint density at radius 2 is 2.12 bits per heavy atom. The Hall–Kier alpha value is -3.23. The molecule has 9 heteroatoms. The van der Waals surface area contributed by atoms with Crippen LogP contribution in [-0.2, 0) is 17.8 Å². The number of hydrogen-bond acceptors (Lipinski definition) is 5. The Morgan fingerprint density at radius 1 is 1.28 bits per heavy atom. The van der Waals surface area contributed by atoms with E-state index in [1.54, 1.807) is 6.92 Å². The number of fused-ring (bicyclic) bond motifs is 1. The molecule has 0 aliphatic heterocycles. The fourth-order valence-electron chi connectivity index (χ4n) is 2.48. The Morgan fingerprint density at radius 3 is 2.96 bits per heavy atom. The number of pyridine rings is 1. The van der Waals surface area contributed by atoms with Gasteiger partial charge in [-0.05, 0) is 25.5 Å². The summed E-state index contributed by atoms with van der Waals surface area (Å²) in [6.45, 7) is 1.90. The molecular formula is C16H18N6O3. The third kappa shape index (κ3) is 3.82. The highest BCUT2D eigenvalue weighted by Gasteiger charge is 2.07. The van der Waals surface area contributed by atoms with E-state index in [1.165, 1.54) is 10.8 Å². The van der Waals surface area contributed by atoms with Crippen molar-refractivity contribution < 1.29 is 4.79 Å². The predicted octanol–water partition coefficient (Wildman–Crippen LogP) is -0.363. The molecule has 0 radical (unpaired) electrons. The molecule has 9 nitrogen and oxygen atoms in total. The van der Waals surface area contributed by atoms with Crippen LogP contribution in [0, 0.1) is 6.92 Å². The SMILES string of the molecule is Cc1cn(CC(=O)NCCCc2nnc3ccccn23)c(=O)[nH]c1=O. The van der Waals surface area contributed by atoms with Crippen LogP contribution >= 0.6 is 0 Å². The van der Waals surface area contributed by atoms with E-state index in [4.69, 9.17) is 0 Å². The number of aryl methyl sites for hydroxylation is 2. The van der Waals surface area contributed by atoms with Gasteiger partial charge in [-0.25, -0.2) is 4.79 Å². The van der Waals surface area contributed by atoms with Crippen LogP contribution in [0.25, 0.3) is 5.65 Å². The molecule has 0 fully saturated rings. The molecule has 0 aliphatic rings. The molecule has 0 spiro atoms. The zero-order chi connectivity index (χ0) is 17.8. The van der Waals surface area contributed by atoms with E-state index in [2.05, 4.69) is 20.5 Å². The Kier molecular flexibility index (Phi) is 4.73. The largest absolute Gasteiger partial charge is 0.355 e. The van der Waals surface area contributed by atoms with Gasteiger partial charge < -0.3 is 5.32 Å². The first kappa shape index (κ1) is 16.6. The van der Waals surface area contributed by atoms with Crippen molar-refractivity contribution in [1.82, 2.24) is 29.5 Å². The lowest BCUT2D eigenvalue weighted by molar-refractivity contribution is -0.121. The number of aromatic amines is 1. The second-order valence-electron chi connectivity index (χ2n) is 5.70. The summed E-state index contributed by atoms with van der Waals surface area (Å²) in [5.74, 6) is 0.539. The van der Waals surface area contributed by atoms with E-state index in [0.29, 0.717) is 24.9 Å². The zero-order valence-corrected chi connectivity index (χ0v) is 13.7. The van der Waals surface area contributed by atoms with E-state index < -0.39 is 11.2 Å². The van der Waals surface area contributed by atoms with Crippen molar-refractivity contribution in [2.24, 2.45) is 0 Å². The highest BCUT2D eigenvalue weighted by molar-refractivity contribution is 5.75. The van der Waals surface area contributed by atoms with Gasteiger partial charge in [-0.1, -0.05) is 6.07 Å². The highest BCUT2D eigenvalue weighted by Crippen LogP contribution is 2.04. The van der Waals surface area contributed by atoms with Gasteiger partial charge in [0, 0.05) is 30.9 Å². The molecule has 3 aromatic rings. The first-order valence-electron chi connectivity index (χ1n) is 7.90. The van der Waals surface area contributed by atoms with Crippen LogP contribution in [0.1, 0.15) is 17.8 Å². The Labute approximate surface area is 142 Å². The van der Waals surface area contributed by atoms with Crippen molar-refractivity contribution in [1.29, 1.82) is 0 Å². The minimum Gasteiger partial charge on any atom is -0.355 e. The Bertz CT molecular complexity index is 1020. The van der Waals surface area contributed by atoms with Crippen LogP contribution in [0.3, 0.4) is 0 Å². The molecule has 0 aliphatic carbocycles. The molecule has 0 bridgehead atoms. The number of amides is 1. The van der Waals surface area contributed by atoms with Crippen molar-refractivity contribution in [2.45, 2.75) is 26.3 Å². The van der Waals surface area contributed by atoms with Crippen LogP contribution < -0.4 is 16.6 Å². The number of rotatable bonds is 6. The molecule has 25 heavy (non-hydrogen) atoms. The molecule has 0 aromatic carbocycles. The second kappa shape index (κ2) is 7.12. The number of carbonyl (C=O) groups is 1. The summed E-state index contributed by atoms with van der Waals surface area (Å²) >= 11 is 0. The van der Waals surface area contributed by atoms with Gasteiger partial charge in [-0.15, -0.1) is 10.2 Å². The summed E-state index contributed by atoms with van der Waals surface area (Å²) in [4.78, 5) is 37.1. The van der Waals surface area contributed by atoms with Gasteiger partial charge in [0.05, 0.1) is 0 Å². The van der Waals surface area contributed by atoms with Gasteiger partial charge in [0.2, 0.25) is 5.91 Å². The quantitative estimate of drug-likeness (QED) is 0.594. The maximum absolute atomic E-state index is 11.9. The lowest BCUT2D eigenvalue weighted by Gasteiger charge is -2.07. The summed E-state index contributed by atoms with van der Waals surface area (Å²) in [6.07, 6.45) is 4.64. The molecule has 2 N–H and O–H groups in total. The molecular weight excluding hydrogens is 324 g/mol. The fraction of sp³-hybridized carbons (Fsp3) is 0.312. The summed E-state index contributed by atoms with van der Waals surface area (Å²) < 4.78 is 3.09. The molecule has 1 amide bonds. The van der Waals surface area contributed by atoms with Gasteiger partial charge in [-0.2, -0.15) is 0 Å². The lowest BCUT2D eigenvalue weighted by Crippen LogP contribution is -2.36. The zero-order valence-electron chi connectivity index (χ0n) is 13.7. The molecule has 0 atom stereocenters. The minimum absolute atomic E-state index is 0.135. The van der Waals surface area contributed by atoms with E-state index in [1.807, 2.05) is 28.8 Å². The standard InChI is InChI=1S/C16H18N6O3/c1-11-9-21(16(25)18-15(11)24)10-14(23)17-7-4-6-13-20-19-12-5-2-3-8-22(12)13/h2-3,5,8-9H,4,6-7,10H2,1H3,(H,17,23)(H,18,24,25). The first-order valence-corrected chi connectivity index (χ1v) is 7.90. The number of nitrogens with zero attached hydrogens (tertiary/aromatic N) is 4. The van der Waals surface area contributed by atoms with Crippen molar-refractivity contribution in [3.8, 4) is 0 Å². The number of H-pyrrole nitrogens is 1. The van der Waals surface area contributed by atoms with Gasteiger partial charge in [0.25, 0.3) is 5.56 Å². The van der Waals surface area contributed by atoms with Gasteiger partial charge >= 0.3 is 5.69 Å². The van der Waals surface area contributed by atoms with E-state index >= 15 is 0 Å². The molecule has 3 rings (SSSR count). The van der Waals surface area contributed by atoms with Gasteiger partial charge in [0.15, 0.2) is 5.65 Å². The van der Waals surface area contributed by atoms with E-state index in [0.717, 1.165) is 11.5 Å². The van der Waals surface area contributed by atoms with Crippen molar-refractivity contribution in [3.63, 3.8) is 0 Å². The summed E-state index contributed by atoms with van der Waals surface area (Å²) in [6, 6.07) is 5.68. The molecule has 3 aromatic heterocycles. The van der Waals surface area contributed by atoms with Crippen LogP contribution in [0.2, 0.25) is 0 Å². The average molecular weight is 342 g/mol. The first-order chi connectivity index (χ1) is 12.0. The van der Waals surface area contributed by atoms with Crippen LogP contribution in [0.5, 0.6) is 0 Å². The average Bonchev–Trinajstić information content (AvgIpc) is 3.00. The maximum atomic E-state index is 11.9. The Balaban J connectivity index is 1.51. The fourth-order valence-corrected chi connectivity index (χ4v) is 2.48. The number of hydrogen-bond donors (Lipinski definition) is 2. The predicted molar refractivity (Wildman–Crippen MR) is 90.4 cm³/mol. The van der Waals surface area contributed by atoms with Gasteiger partial charge in [0.1, 0.15) is 12.4 Å². The van der Waals surface area contributed by atoms with Crippen molar-refractivity contribution in [3.05, 3.63) is 62.8 Å². The summed E-state index contributed by atoms with van der Waals surface area (Å²) in [7, 11) is 0. The van der Waals surface area contributed by atoms with Crippen LogP contribution in [0.15, 0.2) is 40.2 Å². The van der Waals surface area contributed by atoms with E-state index in [-0.39, 0.29) is 12.5 Å². The molecule has 3 heterocycles. The van der Waals surface area contributed by atoms with Crippen molar-refractivity contribution in [2.75, 3.05) is 6.54 Å². The third-order valence-electron chi connectivity index (χ3n) is 3.79. The summed E-state index contributed by atoms with van der Waals surface area (Å²) in [5.41, 5.74) is 0.128. The minimum atomic E-state index is -0.597. The molecule has 0 saturated heterocycles. The maximum Gasteiger partial charge on any atom is 0.328 e. The smallest absolute Gasteiger partial charge is 0.328 e. The molecule has 0 unspecified atom stereocenters. The topological polar surface area (TPSA) is 114 Å². The lowest BCUT2D eigenvalue weighted by atomic mass is 10.3. The number of nitrogens with one attached hydrogen (secondary N) is 2. The highest BCUT2D eigenvalue weighted by atomic mass is 16.2. The summed E-state index contributed by atoms with van der Waals surface area (Å²) in [5, 5.41) is 11.0. The monoisotopic (exact) mass is 342 g/mol. The van der Waals surface area contributed by atoms with Crippen molar-refractivity contribution >= 4 is 11.6 Å². The number of aromatic nitrogens is 5. The van der Waals surface area contributed by atoms with Crippen LogP contribution in [0.4, 0.5) is 0 Å². The molecule has 130 valence electrons. The van der Waals surface area contributed by atoms with Crippen LogP contribution in [-0.4, -0.2) is 36.6 Å². The van der Waals surface area contributed by atoms with E-state index in [9.17, 15) is 14.4 Å².